The van der Waals surface area contributed by atoms with Gasteiger partial charge in [0, 0.05) is 25.8 Å². The van der Waals surface area contributed by atoms with E-state index >= 15 is 0 Å². The van der Waals surface area contributed by atoms with Crippen LogP contribution in [0.3, 0.4) is 0 Å². The van der Waals surface area contributed by atoms with E-state index in [0.29, 0.717) is 26.2 Å². The van der Waals surface area contributed by atoms with E-state index in [1.165, 1.54) is 21.4 Å². The van der Waals surface area contributed by atoms with Crippen LogP contribution >= 0.6 is 0 Å². The molecule has 1 saturated heterocycles. The van der Waals surface area contributed by atoms with Gasteiger partial charge in [0.2, 0.25) is 5.91 Å². The lowest BCUT2D eigenvalue weighted by atomic mass is 10.2. The Bertz CT molecular complexity index is 871. The number of imidazole rings is 1. The highest BCUT2D eigenvalue weighted by Crippen LogP contribution is 2.19. The third-order valence-electron chi connectivity index (χ3n) is 4.33. The van der Waals surface area contributed by atoms with Crippen LogP contribution < -0.4 is 10.1 Å². The molecule has 1 N–H and O–H groups in total. The second-order valence-corrected chi connectivity index (χ2v) is 8.23. The van der Waals surface area contributed by atoms with Crippen molar-refractivity contribution in [3.8, 4) is 5.75 Å². The highest BCUT2D eigenvalue weighted by atomic mass is 32.2. The van der Waals surface area contributed by atoms with E-state index in [1.807, 2.05) is 31.2 Å². The molecule has 1 amide bonds. The Morgan fingerprint density at radius 3 is 2.59 bits per heavy atom. The zero-order valence-electron chi connectivity index (χ0n) is 15.3. The monoisotopic (exact) mass is 392 g/mol. The number of carbonyl (C=O) groups excluding carboxylic acids is 1. The number of ether oxygens (including phenoxy) is 1. The van der Waals surface area contributed by atoms with Gasteiger partial charge in [0.25, 0.3) is 10.0 Å². The lowest BCUT2D eigenvalue weighted by Crippen LogP contribution is -2.28. The van der Waals surface area contributed by atoms with E-state index in [9.17, 15) is 13.2 Å². The molecule has 1 aliphatic rings. The molecule has 0 unspecified atom stereocenters. The topological polar surface area (TPSA) is 93.5 Å². The van der Waals surface area contributed by atoms with Crippen molar-refractivity contribution in [3.63, 3.8) is 0 Å². The fourth-order valence-electron chi connectivity index (χ4n) is 2.91. The fourth-order valence-corrected chi connectivity index (χ4v) is 4.36. The van der Waals surface area contributed by atoms with Crippen LogP contribution in [0, 0.1) is 0 Å². The van der Waals surface area contributed by atoms with E-state index in [4.69, 9.17) is 4.74 Å². The Balaban J connectivity index is 1.53. The number of nitrogens with zero attached hydrogens (tertiary/aromatic N) is 3. The molecule has 3 rings (SSSR count). The first-order valence-electron chi connectivity index (χ1n) is 8.99. The molecule has 0 saturated carbocycles. The predicted octanol–water partition coefficient (Wildman–Crippen LogP) is 1.38. The molecule has 8 nitrogen and oxygen atoms in total. The summed E-state index contributed by atoms with van der Waals surface area (Å²) in [5.41, 5.74) is 0.953. The summed E-state index contributed by atoms with van der Waals surface area (Å²) in [5, 5.41) is 2.80. The molecule has 1 aromatic heterocycles. The fraction of sp³-hybridized carbons (Fsp3) is 0.444. The van der Waals surface area contributed by atoms with Crippen molar-refractivity contribution in [1.82, 2.24) is 19.2 Å². The van der Waals surface area contributed by atoms with Crippen molar-refractivity contribution < 1.29 is 17.9 Å². The first-order chi connectivity index (χ1) is 13.0. The molecule has 2 heterocycles. The van der Waals surface area contributed by atoms with Crippen LogP contribution in [0.1, 0.15) is 25.3 Å². The number of sulfonamides is 1. The van der Waals surface area contributed by atoms with Gasteiger partial charge < -0.3 is 14.6 Å². The van der Waals surface area contributed by atoms with Crippen molar-refractivity contribution >= 4 is 15.9 Å². The molecule has 9 heteroatoms. The van der Waals surface area contributed by atoms with Crippen LogP contribution in [0.25, 0.3) is 0 Å². The Labute approximate surface area is 159 Å². The summed E-state index contributed by atoms with van der Waals surface area (Å²) in [4.78, 5) is 16.1. The lowest BCUT2D eigenvalue weighted by Gasteiger charge is -2.12. The van der Waals surface area contributed by atoms with Gasteiger partial charge in [0.1, 0.15) is 12.3 Å². The molecule has 27 heavy (non-hydrogen) atoms. The highest BCUT2D eigenvalue weighted by Gasteiger charge is 2.29. The van der Waals surface area contributed by atoms with Crippen molar-refractivity contribution in [3.05, 3.63) is 42.4 Å². The number of rotatable bonds is 8. The minimum Gasteiger partial charge on any atom is -0.494 e. The van der Waals surface area contributed by atoms with Gasteiger partial charge in [-0.2, -0.15) is 4.31 Å². The van der Waals surface area contributed by atoms with E-state index in [1.54, 1.807) is 0 Å². The minimum absolute atomic E-state index is 0.0105. The standard InChI is InChI=1S/C18H24N4O4S/c1-2-26-16-7-5-15(6-8-16)11-19-17(23)12-21-13-18(20-14-21)27(24,25)22-9-3-4-10-22/h5-8,13-14H,2-4,9-12H2,1H3,(H,19,23). The summed E-state index contributed by atoms with van der Waals surface area (Å²) in [7, 11) is -3.56. The number of nitrogens with one attached hydrogen (secondary N) is 1. The Morgan fingerprint density at radius 1 is 1.22 bits per heavy atom. The van der Waals surface area contributed by atoms with E-state index < -0.39 is 10.0 Å². The largest absolute Gasteiger partial charge is 0.494 e. The third kappa shape index (κ3) is 4.86. The summed E-state index contributed by atoms with van der Waals surface area (Å²) in [6.45, 7) is 3.98. The minimum atomic E-state index is -3.56. The summed E-state index contributed by atoms with van der Waals surface area (Å²) in [6, 6.07) is 7.50. The SMILES string of the molecule is CCOc1ccc(CNC(=O)Cn2cnc(S(=O)(=O)N3CCCC3)c2)cc1. The lowest BCUT2D eigenvalue weighted by molar-refractivity contribution is -0.121. The molecule has 0 bridgehead atoms. The first-order valence-corrected chi connectivity index (χ1v) is 10.4. The van der Waals surface area contributed by atoms with Crippen molar-refractivity contribution in [2.45, 2.75) is 37.9 Å². The van der Waals surface area contributed by atoms with Crippen LogP contribution in [-0.2, 0) is 27.9 Å². The number of carbonyl (C=O) groups is 1. The van der Waals surface area contributed by atoms with E-state index in [-0.39, 0.29) is 17.5 Å². The van der Waals surface area contributed by atoms with Gasteiger partial charge in [-0.05, 0) is 37.5 Å². The number of amides is 1. The van der Waals surface area contributed by atoms with E-state index in [2.05, 4.69) is 10.3 Å². The Hall–Kier alpha value is -2.39. The molecule has 0 radical (unpaired) electrons. The van der Waals surface area contributed by atoms with Crippen LogP contribution in [-0.4, -0.2) is 47.9 Å². The maximum Gasteiger partial charge on any atom is 0.262 e. The summed E-state index contributed by atoms with van der Waals surface area (Å²) in [5.74, 6) is 0.573. The molecular weight excluding hydrogens is 368 g/mol. The molecule has 146 valence electrons. The number of aromatic nitrogens is 2. The zero-order valence-corrected chi connectivity index (χ0v) is 16.1. The first kappa shape index (κ1) is 19.4. The van der Waals surface area contributed by atoms with Crippen molar-refractivity contribution in [2.75, 3.05) is 19.7 Å². The Kier molecular flexibility index (Phi) is 6.12. The van der Waals surface area contributed by atoms with Gasteiger partial charge in [0.05, 0.1) is 12.9 Å². The van der Waals surface area contributed by atoms with Crippen LogP contribution in [0.15, 0.2) is 41.8 Å². The normalized spacial score (nSPS) is 15.0. The molecule has 0 aliphatic carbocycles. The predicted molar refractivity (Wildman–Crippen MR) is 99.7 cm³/mol. The second-order valence-electron chi connectivity index (χ2n) is 6.35. The van der Waals surface area contributed by atoms with Crippen LogP contribution in [0.5, 0.6) is 5.75 Å². The molecular formula is C18H24N4O4S. The summed E-state index contributed by atoms with van der Waals surface area (Å²) in [6.07, 6.45) is 4.52. The maximum atomic E-state index is 12.5. The molecule has 1 fully saturated rings. The van der Waals surface area contributed by atoms with Gasteiger partial charge in [-0.1, -0.05) is 12.1 Å². The molecule has 1 aliphatic heterocycles. The van der Waals surface area contributed by atoms with Gasteiger partial charge >= 0.3 is 0 Å². The average Bonchev–Trinajstić information content (AvgIpc) is 3.34. The summed E-state index contributed by atoms with van der Waals surface area (Å²) >= 11 is 0. The number of hydrogen-bond donors (Lipinski definition) is 1. The third-order valence-corrected chi connectivity index (χ3v) is 6.11. The summed E-state index contributed by atoms with van der Waals surface area (Å²) < 4.78 is 33.2. The molecule has 0 spiro atoms. The highest BCUT2D eigenvalue weighted by molar-refractivity contribution is 7.89. The Morgan fingerprint density at radius 2 is 1.93 bits per heavy atom. The second kappa shape index (κ2) is 8.53. The van der Waals surface area contributed by atoms with Crippen molar-refractivity contribution in [1.29, 1.82) is 0 Å². The quantitative estimate of drug-likeness (QED) is 0.733. The zero-order chi connectivity index (χ0) is 19.3. The van der Waals surface area contributed by atoms with Gasteiger partial charge in [-0.15, -0.1) is 0 Å². The number of hydrogen-bond acceptors (Lipinski definition) is 5. The number of benzene rings is 1. The molecule has 2 aromatic rings. The van der Waals surface area contributed by atoms with Crippen molar-refractivity contribution in [2.24, 2.45) is 0 Å². The van der Waals surface area contributed by atoms with Gasteiger partial charge in [-0.25, -0.2) is 13.4 Å². The van der Waals surface area contributed by atoms with Crippen LogP contribution in [0.2, 0.25) is 0 Å². The smallest absolute Gasteiger partial charge is 0.262 e. The maximum absolute atomic E-state index is 12.5. The molecule has 0 atom stereocenters. The van der Waals surface area contributed by atoms with Crippen LogP contribution in [0.4, 0.5) is 0 Å². The van der Waals surface area contributed by atoms with Gasteiger partial charge in [-0.3, -0.25) is 4.79 Å². The molecule has 1 aromatic carbocycles. The average molecular weight is 392 g/mol. The van der Waals surface area contributed by atoms with E-state index in [0.717, 1.165) is 24.2 Å². The van der Waals surface area contributed by atoms with Gasteiger partial charge in [0.15, 0.2) is 5.03 Å².